The number of amides is 1. The quantitative estimate of drug-likeness (QED) is 0.410. The van der Waals surface area contributed by atoms with Gasteiger partial charge < -0.3 is 24.5 Å². The van der Waals surface area contributed by atoms with E-state index in [1.165, 1.54) is 58.2 Å². The highest BCUT2D eigenvalue weighted by Crippen LogP contribution is 2.30. The molecule has 3 fully saturated rings. The van der Waals surface area contributed by atoms with Gasteiger partial charge in [-0.05, 0) is 95.2 Å². The van der Waals surface area contributed by atoms with E-state index in [0.717, 1.165) is 50.1 Å². The second-order valence-corrected chi connectivity index (χ2v) is 11.6. The van der Waals surface area contributed by atoms with Gasteiger partial charge in [-0.2, -0.15) is 0 Å². The number of benzene rings is 2. The molecule has 226 valence electrons. The van der Waals surface area contributed by atoms with Crippen molar-refractivity contribution in [2.45, 2.75) is 70.3 Å². The Bertz CT molecular complexity index is 976. The standard InChI is InChI=1S/C17H25N.C16H24N2O2.CH2O2/c1-3-7-15(8-4-1)13-18-12-11-17(14-18)16-9-5-2-6-10-16;1-3-18(14-9-11-17(2)12-10-14)16(19)13-20-15-7-5-4-6-8-15;2-1-3/h2,5-6,9-10,15,17H,1,3-4,7-8,11-14H2;4-8,14H,3,9-13H2,1-2H3;1H,(H,2,3)/t17-;;/m1../s1. The predicted molar refractivity (Wildman–Crippen MR) is 165 cm³/mol. The van der Waals surface area contributed by atoms with Gasteiger partial charge in [0.05, 0.1) is 0 Å². The molecule has 0 bridgehead atoms. The number of hydrogen-bond acceptors (Lipinski definition) is 5. The molecule has 7 heteroatoms. The monoisotopic (exact) mass is 565 g/mol. The van der Waals surface area contributed by atoms with Crippen molar-refractivity contribution in [3.05, 3.63) is 66.2 Å². The summed E-state index contributed by atoms with van der Waals surface area (Å²) in [7, 11) is 2.13. The Morgan fingerprint density at radius 3 is 2.15 bits per heavy atom. The second kappa shape index (κ2) is 18.5. The number of para-hydroxylation sites is 1. The Balaban J connectivity index is 0.000000207. The SMILES string of the molecule is CCN(C(=O)COc1ccccc1)C1CCN(C)CC1.O=CO.c1ccc([C@@H]2CCN(CC3CCCCC3)C2)cc1. The van der Waals surface area contributed by atoms with Crippen LogP contribution in [0.1, 0.15) is 69.8 Å². The fraction of sp³-hybridized carbons (Fsp3) is 0.588. The molecule has 0 radical (unpaired) electrons. The normalized spacial score (nSPS) is 20.2. The van der Waals surface area contributed by atoms with Crippen molar-refractivity contribution >= 4 is 12.4 Å². The fourth-order valence-electron chi connectivity index (χ4n) is 6.42. The Hall–Kier alpha value is -2.90. The van der Waals surface area contributed by atoms with Crippen LogP contribution in [0.5, 0.6) is 5.75 Å². The van der Waals surface area contributed by atoms with E-state index in [1.54, 1.807) is 5.56 Å². The van der Waals surface area contributed by atoms with Crippen molar-refractivity contribution in [3.63, 3.8) is 0 Å². The van der Waals surface area contributed by atoms with Gasteiger partial charge in [-0.25, -0.2) is 0 Å². The van der Waals surface area contributed by atoms with Crippen molar-refractivity contribution in [1.29, 1.82) is 0 Å². The third-order valence-corrected chi connectivity index (χ3v) is 8.68. The molecule has 2 saturated heterocycles. The minimum absolute atomic E-state index is 0.0888. The zero-order chi connectivity index (χ0) is 29.3. The third-order valence-electron chi connectivity index (χ3n) is 8.68. The zero-order valence-corrected chi connectivity index (χ0v) is 25.2. The molecule has 2 aromatic carbocycles. The molecule has 3 aliphatic rings. The van der Waals surface area contributed by atoms with Crippen LogP contribution in [0.2, 0.25) is 0 Å². The average Bonchev–Trinajstić information content (AvgIpc) is 3.48. The van der Waals surface area contributed by atoms with Crippen LogP contribution in [0.15, 0.2) is 60.7 Å². The Morgan fingerprint density at radius 1 is 0.927 bits per heavy atom. The highest BCUT2D eigenvalue weighted by Gasteiger charge is 2.27. The van der Waals surface area contributed by atoms with Gasteiger partial charge in [0.15, 0.2) is 6.61 Å². The van der Waals surface area contributed by atoms with Gasteiger partial charge in [0, 0.05) is 25.7 Å². The van der Waals surface area contributed by atoms with E-state index in [2.05, 4.69) is 47.2 Å². The first-order valence-corrected chi connectivity index (χ1v) is 15.5. The lowest BCUT2D eigenvalue weighted by Gasteiger charge is -2.36. The van der Waals surface area contributed by atoms with Crippen molar-refractivity contribution in [2.75, 3.05) is 52.9 Å². The summed E-state index contributed by atoms with van der Waals surface area (Å²) in [6, 6.07) is 21.0. The summed E-state index contributed by atoms with van der Waals surface area (Å²) in [4.78, 5) is 27.7. The average molecular weight is 566 g/mol. The molecule has 0 spiro atoms. The number of carbonyl (C=O) groups is 2. The van der Waals surface area contributed by atoms with E-state index in [4.69, 9.17) is 14.6 Å². The second-order valence-electron chi connectivity index (χ2n) is 11.6. The number of nitrogens with zero attached hydrogens (tertiary/aromatic N) is 3. The van der Waals surface area contributed by atoms with Crippen molar-refractivity contribution in [1.82, 2.24) is 14.7 Å². The van der Waals surface area contributed by atoms with Gasteiger partial charge in [0.2, 0.25) is 0 Å². The molecule has 1 atom stereocenters. The maximum absolute atomic E-state index is 12.3. The third kappa shape index (κ3) is 11.5. The zero-order valence-electron chi connectivity index (χ0n) is 25.2. The van der Waals surface area contributed by atoms with E-state index in [1.807, 2.05) is 42.2 Å². The first-order valence-electron chi connectivity index (χ1n) is 15.5. The summed E-state index contributed by atoms with van der Waals surface area (Å²) < 4.78 is 5.56. The molecule has 0 aromatic heterocycles. The van der Waals surface area contributed by atoms with Crippen LogP contribution in [-0.4, -0.2) is 91.2 Å². The highest BCUT2D eigenvalue weighted by atomic mass is 16.5. The molecule has 7 nitrogen and oxygen atoms in total. The van der Waals surface area contributed by atoms with Crippen LogP contribution in [0.3, 0.4) is 0 Å². The molecule has 2 aliphatic heterocycles. The predicted octanol–water partition coefficient (Wildman–Crippen LogP) is 5.77. The van der Waals surface area contributed by atoms with Crippen molar-refractivity contribution < 1.29 is 19.4 Å². The molecule has 2 heterocycles. The van der Waals surface area contributed by atoms with Gasteiger partial charge in [-0.15, -0.1) is 0 Å². The molecule has 0 unspecified atom stereocenters. The molecule has 5 rings (SSSR count). The van der Waals surface area contributed by atoms with Crippen LogP contribution < -0.4 is 4.74 Å². The Kier molecular flexibility index (Phi) is 14.7. The maximum atomic E-state index is 12.3. The number of ether oxygens (including phenoxy) is 1. The Morgan fingerprint density at radius 2 is 1.54 bits per heavy atom. The summed E-state index contributed by atoms with van der Waals surface area (Å²) in [5.74, 6) is 2.62. The van der Waals surface area contributed by atoms with E-state index in [0.29, 0.717) is 6.04 Å². The summed E-state index contributed by atoms with van der Waals surface area (Å²) in [5.41, 5.74) is 1.55. The topological polar surface area (TPSA) is 73.3 Å². The molecular weight excluding hydrogens is 514 g/mol. The Labute approximate surface area is 247 Å². The number of likely N-dealkylation sites (N-methyl/N-ethyl adjacent to an activating group) is 1. The maximum Gasteiger partial charge on any atom is 0.290 e. The van der Waals surface area contributed by atoms with E-state index < -0.39 is 0 Å². The molecule has 1 amide bonds. The molecule has 1 aliphatic carbocycles. The van der Waals surface area contributed by atoms with Gasteiger partial charge >= 0.3 is 0 Å². The van der Waals surface area contributed by atoms with Gasteiger partial charge in [0.1, 0.15) is 5.75 Å². The lowest BCUT2D eigenvalue weighted by atomic mass is 9.89. The lowest BCUT2D eigenvalue weighted by molar-refractivity contribution is -0.136. The van der Waals surface area contributed by atoms with Crippen molar-refractivity contribution in [2.24, 2.45) is 5.92 Å². The number of carbonyl (C=O) groups excluding carboxylic acids is 1. The molecule has 41 heavy (non-hydrogen) atoms. The highest BCUT2D eigenvalue weighted by molar-refractivity contribution is 5.78. The van der Waals surface area contributed by atoms with Crippen LogP contribution in [0.25, 0.3) is 0 Å². The number of carboxylic acid groups (broad SMARTS) is 1. The number of likely N-dealkylation sites (tertiary alicyclic amines) is 2. The van der Waals surface area contributed by atoms with Crippen molar-refractivity contribution in [3.8, 4) is 5.75 Å². The summed E-state index contributed by atoms with van der Waals surface area (Å²) in [6.07, 6.45) is 10.9. The van der Waals surface area contributed by atoms with E-state index >= 15 is 0 Å². The van der Waals surface area contributed by atoms with Gasteiger partial charge in [-0.1, -0.05) is 67.8 Å². The smallest absolute Gasteiger partial charge is 0.290 e. The summed E-state index contributed by atoms with van der Waals surface area (Å²) in [5, 5.41) is 6.89. The number of rotatable bonds is 8. The van der Waals surface area contributed by atoms with Gasteiger partial charge in [-0.3, -0.25) is 9.59 Å². The molecule has 1 saturated carbocycles. The van der Waals surface area contributed by atoms with Crippen LogP contribution in [-0.2, 0) is 9.59 Å². The van der Waals surface area contributed by atoms with Crippen LogP contribution >= 0.6 is 0 Å². The first kappa shape index (κ1) is 32.6. The molecule has 2 aromatic rings. The fourth-order valence-corrected chi connectivity index (χ4v) is 6.42. The minimum Gasteiger partial charge on any atom is -0.484 e. The summed E-state index contributed by atoms with van der Waals surface area (Å²) in [6.45, 7) is 8.77. The molecular formula is C34H51N3O4. The molecule has 1 N–H and O–H groups in total. The van der Waals surface area contributed by atoms with Gasteiger partial charge in [0.25, 0.3) is 12.4 Å². The van der Waals surface area contributed by atoms with E-state index in [-0.39, 0.29) is 19.0 Å². The minimum atomic E-state index is -0.250. The van der Waals surface area contributed by atoms with E-state index in [9.17, 15) is 4.79 Å². The van der Waals surface area contributed by atoms with Crippen LogP contribution in [0.4, 0.5) is 0 Å². The number of hydrogen-bond donors (Lipinski definition) is 1. The summed E-state index contributed by atoms with van der Waals surface area (Å²) >= 11 is 0. The van der Waals surface area contributed by atoms with Crippen LogP contribution in [0, 0.1) is 5.92 Å². The lowest BCUT2D eigenvalue weighted by Crippen LogP contribution is -2.47. The largest absolute Gasteiger partial charge is 0.484 e. The number of piperidine rings is 1. The first-order chi connectivity index (χ1) is 20.0.